The summed E-state index contributed by atoms with van der Waals surface area (Å²) in [4.78, 5) is 2.51. The minimum Gasteiger partial charge on any atom is -0.314 e. The molecule has 2 unspecified atom stereocenters. The fourth-order valence-corrected chi connectivity index (χ4v) is 2.96. The summed E-state index contributed by atoms with van der Waals surface area (Å²) in [6, 6.07) is 2.60. The highest BCUT2D eigenvalue weighted by Gasteiger charge is 2.37. The first-order valence-electron chi connectivity index (χ1n) is 6.82. The summed E-state index contributed by atoms with van der Waals surface area (Å²) >= 11 is 0. The van der Waals surface area contributed by atoms with Crippen LogP contribution in [0.15, 0.2) is 0 Å². The molecule has 1 aliphatic heterocycles. The molecule has 0 spiro atoms. The summed E-state index contributed by atoms with van der Waals surface area (Å²) in [5.74, 6) is 0. The number of nitrogens with two attached hydrogens (primary N) is 1. The molecule has 2 N–H and O–H groups in total. The van der Waals surface area contributed by atoms with E-state index in [1.165, 1.54) is 25.8 Å². The zero-order chi connectivity index (χ0) is 13.1. The van der Waals surface area contributed by atoms with Crippen molar-refractivity contribution in [3.05, 3.63) is 0 Å². The summed E-state index contributed by atoms with van der Waals surface area (Å²) in [7, 11) is 0. The standard InChI is InChI=1S/C14H27N3/c1-5-14(6-2)7-8-17(11-14)12(3)9-13(4,16)10-15/h12H,5-9,11,16H2,1-4H3. The third kappa shape index (κ3) is 3.43. The Morgan fingerprint density at radius 2 is 2.06 bits per heavy atom. The van der Waals surface area contributed by atoms with Gasteiger partial charge < -0.3 is 5.73 Å². The number of nitriles is 1. The van der Waals surface area contributed by atoms with Crippen molar-refractivity contribution in [3.8, 4) is 6.07 Å². The first-order chi connectivity index (χ1) is 7.88. The Bertz CT molecular complexity index is 286. The van der Waals surface area contributed by atoms with Gasteiger partial charge in [0.25, 0.3) is 0 Å². The lowest BCUT2D eigenvalue weighted by Gasteiger charge is -2.31. The Labute approximate surface area is 106 Å². The molecule has 0 saturated carbocycles. The molecule has 1 saturated heterocycles. The molecule has 0 aromatic heterocycles. The molecule has 2 atom stereocenters. The van der Waals surface area contributed by atoms with E-state index in [9.17, 15) is 0 Å². The van der Waals surface area contributed by atoms with Crippen LogP contribution in [0.4, 0.5) is 0 Å². The lowest BCUT2D eigenvalue weighted by atomic mass is 9.82. The number of hydrogen-bond donors (Lipinski definition) is 1. The van der Waals surface area contributed by atoms with Crippen LogP contribution in [0.1, 0.15) is 53.4 Å². The molecule has 98 valence electrons. The number of hydrogen-bond acceptors (Lipinski definition) is 3. The van der Waals surface area contributed by atoms with Crippen molar-refractivity contribution in [2.24, 2.45) is 11.1 Å². The number of rotatable bonds is 5. The Morgan fingerprint density at radius 3 is 2.47 bits per heavy atom. The van der Waals surface area contributed by atoms with Crippen LogP contribution < -0.4 is 5.73 Å². The van der Waals surface area contributed by atoms with Crippen LogP contribution in [-0.2, 0) is 0 Å². The second kappa shape index (κ2) is 5.37. The van der Waals surface area contributed by atoms with E-state index in [0.717, 1.165) is 13.0 Å². The maximum atomic E-state index is 8.99. The second-order valence-electron chi connectivity index (χ2n) is 6.01. The lowest BCUT2D eigenvalue weighted by molar-refractivity contribution is 0.185. The molecule has 0 aromatic rings. The molecule has 0 radical (unpaired) electrons. The van der Waals surface area contributed by atoms with Crippen molar-refractivity contribution in [2.75, 3.05) is 13.1 Å². The smallest absolute Gasteiger partial charge is 0.102 e. The monoisotopic (exact) mass is 237 g/mol. The van der Waals surface area contributed by atoms with Crippen LogP contribution in [0.25, 0.3) is 0 Å². The molecule has 1 heterocycles. The molecule has 1 rings (SSSR count). The van der Waals surface area contributed by atoms with Crippen LogP contribution in [0.3, 0.4) is 0 Å². The van der Waals surface area contributed by atoms with Crippen LogP contribution in [-0.4, -0.2) is 29.6 Å². The fourth-order valence-electron chi connectivity index (χ4n) is 2.96. The normalized spacial score (nSPS) is 25.2. The van der Waals surface area contributed by atoms with Crippen LogP contribution in [0.5, 0.6) is 0 Å². The zero-order valence-corrected chi connectivity index (χ0v) is 11.8. The topological polar surface area (TPSA) is 53.0 Å². The third-order valence-corrected chi connectivity index (χ3v) is 4.57. The molecule has 0 aliphatic carbocycles. The van der Waals surface area contributed by atoms with Gasteiger partial charge in [-0.2, -0.15) is 5.26 Å². The highest BCUT2D eigenvalue weighted by molar-refractivity contribution is 5.03. The predicted molar refractivity (Wildman–Crippen MR) is 71.5 cm³/mol. The van der Waals surface area contributed by atoms with Crippen molar-refractivity contribution >= 4 is 0 Å². The predicted octanol–water partition coefficient (Wildman–Crippen LogP) is 2.52. The number of nitrogens with zero attached hydrogens (tertiary/aromatic N) is 2. The first-order valence-corrected chi connectivity index (χ1v) is 6.82. The maximum Gasteiger partial charge on any atom is 0.102 e. The number of likely N-dealkylation sites (tertiary alicyclic amines) is 1. The van der Waals surface area contributed by atoms with Crippen molar-refractivity contribution in [3.63, 3.8) is 0 Å². The van der Waals surface area contributed by atoms with E-state index in [1.54, 1.807) is 0 Å². The van der Waals surface area contributed by atoms with Crippen LogP contribution >= 0.6 is 0 Å². The molecule has 17 heavy (non-hydrogen) atoms. The van der Waals surface area contributed by atoms with Gasteiger partial charge in [0.1, 0.15) is 5.54 Å². The SMILES string of the molecule is CCC1(CC)CCN(C(C)CC(C)(N)C#N)C1. The highest BCUT2D eigenvalue weighted by Crippen LogP contribution is 2.38. The molecule has 0 aromatic carbocycles. The van der Waals surface area contributed by atoms with Gasteiger partial charge in [0, 0.05) is 12.6 Å². The maximum absolute atomic E-state index is 8.99. The highest BCUT2D eigenvalue weighted by atomic mass is 15.2. The Kier molecular flexibility index (Phi) is 4.57. The Balaban J connectivity index is 2.57. The quantitative estimate of drug-likeness (QED) is 0.799. The van der Waals surface area contributed by atoms with Gasteiger partial charge in [0.05, 0.1) is 6.07 Å². The molecule has 1 aliphatic rings. The van der Waals surface area contributed by atoms with Gasteiger partial charge in [-0.3, -0.25) is 4.90 Å². The average Bonchev–Trinajstić information content (AvgIpc) is 2.74. The fraction of sp³-hybridized carbons (Fsp3) is 0.929. The molecule has 3 nitrogen and oxygen atoms in total. The van der Waals surface area contributed by atoms with E-state index in [1.807, 2.05) is 6.92 Å². The Morgan fingerprint density at radius 1 is 1.47 bits per heavy atom. The average molecular weight is 237 g/mol. The van der Waals surface area contributed by atoms with Gasteiger partial charge >= 0.3 is 0 Å². The molecular formula is C14H27N3. The van der Waals surface area contributed by atoms with E-state index in [4.69, 9.17) is 11.0 Å². The summed E-state index contributed by atoms with van der Waals surface area (Å²) in [5, 5.41) is 8.99. The van der Waals surface area contributed by atoms with Crippen molar-refractivity contribution in [1.82, 2.24) is 4.90 Å². The van der Waals surface area contributed by atoms with Gasteiger partial charge in [-0.15, -0.1) is 0 Å². The molecule has 1 fully saturated rings. The van der Waals surface area contributed by atoms with E-state index < -0.39 is 5.54 Å². The van der Waals surface area contributed by atoms with Gasteiger partial charge in [0.2, 0.25) is 0 Å². The van der Waals surface area contributed by atoms with Crippen molar-refractivity contribution in [2.45, 2.75) is 65.0 Å². The summed E-state index contributed by atoms with van der Waals surface area (Å²) in [6.07, 6.45) is 4.56. The summed E-state index contributed by atoms with van der Waals surface area (Å²) < 4.78 is 0. The lowest BCUT2D eigenvalue weighted by Crippen LogP contribution is -2.43. The van der Waals surface area contributed by atoms with Crippen molar-refractivity contribution < 1.29 is 0 Å². The van der Waals surface area contributed by atoms with Crippen LogP contribution in [0.2, 0.25) is 0 Å². The minimum atomic E-state index is -0.691. The second-order valence-corrected chi connectivity index (χ2v) is 6.01. The molecular weight excluding hydrogens is 210 g/mol. The molecule has 0 bridgehead atoms. The Hall–Kier alpha value is -0.590. The summed E-state index contributed by atoms with van der Waals surface area (Å²) in [5.41, 5.74) is 5.74. The van der Waals surface area contributed by atoms with E-state index in [-0.39, 0.29) is 0 Å². The molecule has 3 heteroatoms. The van der Waals surface area contributed by atoms with E-state index >= 15 is 0 Å². The largest absolute Gasteiger partial charge is 0.314 e. The molecule has 0 amide bonds. The minimum absolute atomic E-state index is 0.407. The van der Waals surface area contributed by atoms with E-state index in [2.05, 4.69) is 31.7 Å². The van der Waals surface area contributed by atoms with Gasteiger partial charge in [-0.1, -0.05) is 13.8 Å². The van der Waals surface area contributed by atoms with E-state index in [0.29, 0.717) is 11.5 Å². The third-order valence-electron chi connectivity index (χ3n) is 4.57. The van der Waals surface area contributed by atoms with Crippen LogP contribution in [0, 0.1) is 16.7 Å². The summed E-state index contributed by atoms with van der Waals surface area (Å²) in [6.45, 7) is 10.9. The first kappa shape index (κ1) is 14.5. The van der Waals surface area contributed by atoms with Crippen molar-refractivity contribution in [1.29, 1.82) is 5.26 Å². The van der Waals surface area contributed by atoms with Gasteiger partial charge in [-0.05, 0) is 51.5 Å². The van der Waals surface area contributed by atoms with Gasteiger partial charge in [0.15, 0.2) is 0 Å². The van der Waals surface area contributed by atoms with Gasteiger partial charge in [-0.25, -0.2) is 0 Å². The zero-order valence-electron chi connectivity index (χ0n) is 11.8.